The molecule has 14 N–H and O–H groups in total. The van der Waals surface area contributed by atoms with Crippen LogP contribution in [0, 0.1) is 0 Å². The molecule has 2 aromatic carbocycles. The van der Waals surface area contributed by atoms with Crippen molar-refractivity contribution in [2.75, 3.05) is 39.9 Å². The third kappa shape index (κ3) is 18.9. The number of hydrogen-bond acceptors (Lipinski definition) is 20. The molecule has 2 saturated carbocycles. The first kappa shape index (κ1) is 60.3. The smallest absolute Gasteiger partial charge is 0.246 e. The van der Waals surface area contributed by atoms with Gasteiger partial charge in [0.05, 0.1) is 74.3 Å². The number of aliphatic hydroxyl groups excluding tert-OH is 4. The van der Waals surface area contributed by atoms with E-state index in [1.807, 2.05) is 74.5 Å². The maximum atomic E-state index is 12.9. The summed E-state index contributed by atoms with van der Waals surface area (Å²) in [7, 11) is 0. The molecule has 0 spiro atoms. The van der Waals surface area contributed by atoms with Crippen molar-refractivity contribution >= 4 is 11.8 Å². The van der Waals surface area contributed by atoms with Crippen LogP contribution in [0.15, 0.2) is 60.7 Å². The Hall–Kier alpha value is -3.34. The van der Waals surface area contributed by atoms with Crippen molar-refractivity contribution in [1.29, 1.82) is 0 Å². The molecule has 0 radical (unpaired) electrons. The molecule has 7 rings (SSSR count). The van der Waals surface area contributed by atoms with E-state index in [1.165, 1.54) is 0 Å². The Labute approximate surface area is 446 Å². The van der Waals surface area contributed by atoms with E-state index < -0.39 is 78.4 Å². The Kier molecular flexibility index (Phi) is 23.6. The van der Waals surface area contributed by atoms with Crippen molar-refractivity contribution < 1.29 is 77.4 Å². The van der Waals surface area contributed by atoms with Gasteiger partial charge >= 0.3 is 0 Å². The summed E-state index contributed by atoms with van der Waals surface area (Å²) in [5.41, 5.74) is 26.1. The minimum Gasteiger partial charge on any atom is -0.389 e. The molecular weight excluding hydrogens is 989 g/mol. The van der Waals surface area contributed by atoms with Gasteiger partial charge in [-0.3, -0.25) is 9.59 Å². The number of rotatable bonds is 26. The second-order valence-electron chi connectivity index (χ2n) is 21.7. The average Bonchev–Trinajstić information content (AvgIpc) is 3.37. The van der Waals surface area contributed by atoms with Crippen LogP contribution in [0.25, 0.3) is 0 Å². The van der Waals surface area contributed by atoms with Gasteiger partial charge in [-0.15, -0.1) is 0 Å². The fraction of sp³-hybridized carbons (Fsp3) is 0.741. The largest absolute Gasteiger partial charge is 0.389 e. The zero-order chi connectivity index (χ0) is 54.2. The Morgan fingerprint density at radius 1 is 0.526 bits per heavy atom. The van der Waals surface area contributed by atoms with Gasteiger partial charge < -0.3 is 101 Å². The maximum Gasteiger partial charge on any atom is 0.246 e. The molecule has 22 heteroatoms. The Bertz CT molecular complexity index is 1880. The van der Waals surface area contributed by atoms with Crippen LogP contribution < -0.4 is 33.6 Å². The topological polar surface area (TPSA) is 335 Å². The molecule has 18 atom stereocenters. The van der Waals surface area contributed by atoms with Crippen molar-refractivity contribution in [2.24, 2.45) is 22.9 Å². The molecule has 0 unspecified atom stereocenters. The number of aliphatic hydroxyl groups is 4. The number of hydrogen-bond donors (Lipinski definition) is 10. The summed E-state index contributed by atoms with van der Waals surface area (Å²) < 4.78 is 62.4. The summed E-state index contributed by atoms with van der Waals surface area (Å²) in [6.45, 7) is 4.72. The second kappa shape index (κ2) is 29.8. The van der Waals surface area contributed by atoms with Crippen LogP contribution in [0.2, 0.25) is 0 Å². The summed E-state index contributed by atoms with van der Waals surface area (Å²) in [5, 5.41) is 47.2. The number of benzene rings is 2. The first-order valence-corrected chi connectivity index (χ1v) is 27.1. The first-order valence-electron chi connectivity index (χ1n) is 27.1. The lowest BCUT2D eigenvalue weighted by Gasteiger charge is -2.45. The van der Waals surface area contributed by atoms with Gasteiger partial charge in [-0.2, -0.15) is 0 Å². The molecule has 22 nitrogen and oxygen atoms in total. The highest BCUT2D eigenvalue weighted by atomic mass is 16.7. The van der Waals surface area contributed by atoms with E-state index in [-0.39, 0.29) is 88.5 Å². The third-order valence-corrected chi connectivity index (χ3v) is 14.9. The van der Waals surface area contributed by atoms with Gasteiger partial charge in [0, 0.05) is 82.2 Å². The molecular formula is C54H86N6O16. The van der Waals surface area contributed by atoms with Crippen LogP contribution in [0.1, 0.15) is 95.6 Å². The van der Waals surface area contributed by atoms with Crippen molar-refractivity contribution in [2.45, 2.75) is 213 Å². The second-order valence-corrected chi connectivity index (χ2v) is 21.7. The molecule has 3 saturated heterocycles. The first-order chi connectivity index (χ1) is 36.5. The molecule has 5 fully saturated rings. The molecule has 428 valence electrons. The normalized spacial score (nSPS) is 35.8. The van der Waals surface area contributed by atoms with Gasteiger partial charge in [-0.25, -0.2) is 0 Å². The molecule has 2 amide bonds. The summed E-state index contributed by atoms with van der Waals surface area (Å²) >= 11 is 0. The highest BCUT2D eigenvalue weighted by molar-refractivity contribution is 5.77. The monoisotopic (exact) mass is 1070 g/mol. The van der Waals surface area contributed by atoms with Crippen molar-refractivity contribution in [3.05, 3.63) is 71.8 Å². The predicted octanol–water partition coefficient (Wildman–Crippen LogP) is 0.234. The molecule has 3 aliphatic heterocycles. The third-order valence-electron chi connectivity index (χ3n) is 14.9. The lowest BCUT2D eigenvalue weighted by atomic mass is 9.85. The minimum atomic E-state index is -1.31. The van der Waals surface area contributed by atoms with E-state index in [0.717, 1.165) is 11.1 Å². The van der Waals surface area contributed by atoms with Crippen LogP contribution in [0.4, 0.5) is 0 Å². The van der Waals surface area contributed by atoms with E-state index in [2.05, 4.69) is 10.6 Å². The van der Waals surface area contributed by atoms with Crippen LogP contribution >= 0.6 is 0 Å². The molecule has 0 aromatic heterocycles. The highest BCUT2D eigenvalue weighted by Crippen LogP contribution is 2.37. The molecule has 2 aliphatic carbocycles. The predicted molar refractivity (Wildman–Crippen MR) is 275 cm³/mol. The summed E-state index contributed by atoms with van der Waals surface area (Å²) in [6, 6.07) is 17.1. The van der Waals surface area contributed by atoms with Gasteiger partial charge in [0.25, 0.3) is 0 Å². The molecule has 5 aliphatic rings. The van der Waals surface area contributed by atoms with Crippen LogP contribution in [0.5, 0.6) is 0 Å². The van der Waals surface area contributed by atoms with Crippen molar-refractivity contribution in [3.63, 3.8) is 0 Å². The molecule has 76 heavy (non-hydrogen) atoms. The number of nitrogens with one attached hydrogen (secondary N) is 2. The standard InChI is InChI=1S/C54H86N6O16/c1-54(2)75-40(21-38-19-36(71-30-67-26-32-9-5-3-6-10-32)17-34(73-38)13-15-59-46(61)28-69-52-44(57)24-42(55)48(63)50(52)65)23-41(76-54)22-39-20-37(72-31-68-27-33-11-7-4-8-12-33)18-35(74-39)14-16-60-47(62)29-70-53-45(58)25-43(56)49(64)51(53)66/h3-12,34-45,48-53,63-66H,13-31,55-58H2,1-2H3,(H,59,61)(H,60,62)/t34-,35-,36+,37+,38-,39-,40-,41+,42-,43-,44+,45+,48+,49+,50-,51-,52-,53-/m0/s1. The summed E-state index contributed by atoms with van der Waals surface area (Å²) in [4.78, 5) is 25.8. The SMILES string of the molecule is CC1(C)O[C@H](C[C@@H]2C[C@H](OCOCc3ccccc3)C[C@H](CCNC(=O)CO[C@@H]3[C@@H](O)[C@H](O)[C@@H](N)C[C@H]3N)O2)C[C@H](C[C@@H]2C[C@H](OCOCc3ccccc3)C[C@H](CCNC(=O)CO[C@@H]3[C@@H](O)[C@H](O)[C@@H](N)C[C@H]3N)O2)O1. The molecule has 0 bridgehead atoms. The minimum absolute atomic E-state index is 0.0973. The fourth-order valence-electron chi connectivity index (χ4n) is 11.1. The zero-order valence-corrected chi connectivity index (χ0v) is 44.1. The Morgan fingerprint density at radius 3 is 1.33 bits per heavy atom. The van der Waals surface area contributed by atoms with Crippen LogP contribution in [-0.4, -0.2) is 188 Å². The van der Waals surface area contributed by atoms with Gasteiger partial charge in [0.2, 0.25) is 11.8 Å². The van der Waals surface area contributed by atoms with Crippen LogP contribution in [-0.2, 0) is 70.2 Å². The lowest BCUT2D eigenvalue weighted by molar-refractivity contribution is -0.309. The zero-order valence-electron chi connectivity index (χ0n) is 44.1. The fourth-order valence-corrected chi connectivity index (χ4v) is 11.1. The highest BCUT2D eigenvalue weighted by Gasteiger charge is 2.44. The Morgan fingerprint density at radius 2 is 0.921 bits per heavy atom. The average molecular weight is 1080 g/mol. The van der Waals surface area contributed by atoms with Gasteiger partial charge in [0.1, 0.15) is 51.2 Å². The van der Waals surface area contributed by atoms with Crippen molar-refractivity contribution in [1.82, 2.24) is 10.6 Å². The van der Waals surface area contributed by atoms with E-state index >= 15 is 0 Å². The number of amides is 2. The van der Waals surface area contributed by atoms with Crippen molar-refractivity contribution in [3.8, 4) is 0 Å². The number of ether oxygens (including phenoxy) is 10. The Balaban J connectivity index is 0.924. The molecule has 2 aromatic rings. The van der Waals surface area contributed by atoms with E-state index in [4.69, 9.17) is 70.3 Å². The number of carbonyl (C=O) groups excluding carboxylic acids is 2. The summed E-state index contributed by atoms with van der Waals surface area (Å²) in [6.07, 6.45) is -3.20. The van der Waals surface area contributed by atoms with E-state index in [1.54, 1.807) is 0 Å². The maximum absolute atomic E-state index is 12.9. The van der Waals surface area contributed by atoms with Gasteiger partial charge in [0.15, 0.2) is 5.79 Å². The van der Waals surface area contributed by atoms with E-state index in [0.29, 0.717) is 84.1 Å². The van der Waals surface area contributed by atoms with E-state index in [9.17, 15) is 30.0 Å². The quantitative estimate of drug-likeness (QED) is 0.0445. The summed E-state index contributed by atoms with van der Waals surface area (Å²) in [5.74, 6) is -1.71. The number of nitrogens with two attached hydrogens (primary N) is 4. The lowest BCUT2D eigenvalue weighted by Crippen LogP contribution is -2.62. The van der Waals surface area contributed by atoms with Crippen LogP contribution in [0.3, 0.4) is 0 Å². The van der Waals surface area contributed by atoms with Gasteiger partial charge in [-0.1, -0.05) is 60.7 Å². The molecule has 3 heterocycles. The van der Waals surface area contributed by atoms with Gasteiger partial charge in [-0.05, 0) is 50.7 Å². The number of carbonyl (C=O) groups is 2.